The molecule has 5 rings (SSSR count). The van der Waals surface area contributed by atoms with Crippen LogP contribution in [0.1, 0.15) is 30.4 Å². The first-order valence-corrected chi connectivity index (χ1v) is 13.5. The van der Waals surface area contributed by atoms with Crippen LogP contribution in [-0.4, -0.2) is 35.2 Å². The van der Waals surface area contributed by atoms with Crippen molar-refractivity contribution in [3.63, 3.8) is 0 Å². The van der Waals surface area contributed by atoms with E-state index in [4.69, 9.17) is 11.6 Å². The van der Waals surface area contributed by atoms with Crippen LogP contribution in [0.25, 0.3) is 5.57 Å². The highest BCUT2D eigenvalue weighted by atomic mass is 32.2. The number of hydrazine groups is 1. The second-order valence-electron chi connectivity index (χ2n) is 9.52. The van der Waals surface area contributed by atoms with Crippen LogP contribution in [0.2, 0.25) is 0 Å². The lowest BCUT2D eigenvalue weighted by atomic mass is 9.88. The van der Waals surface area contributed by atoms with E-state index in [1.54, 1.807) is 36.5 Å². The molecule has 0 spiro atoms. The Morgan fingerprint density at radius 1 is 0.900 bits per heavy atom. The fourth-order valence-electron chi connectivity index (χ4n) is 4.75. The van der Waals surface area contributed by atoms with Gasteiger partial charge in [-0.3, -0.25) is 4.41 Å². The highest BCUT2D eigenvalue weighted by molar-refractivity contribution is 7.97. The fourth-order valence-corrected chi connectivity index (χ4v) is 5.47. The number of hydrogen-bond donors (Lipinski definition) is 2. The van der Waals surface area contributed by atoms with E-state index >= 15 is 0 Å². The van der Waals surface area contributed by atoms with E-state index in [2.05, 4.69) is 14.4 Å². The molecule has 6 nitrogen and oxygen atoms in total. The molecule has 40 heavy (non-hydrogen) atoms. The number of nitrogens with two attached hydrogens (primary N) is 2. The SMILES string of the molecule is N/C(=C\N(N)Sc1ccc2c(c1)OC(F)(F)O2)CCN1CCC(=C(c2ccc(F)cc2)c2ccc(F)cc2)CC1. The van der Waals surface area contributed by atoms with Gasteiger partial charge in [-0.25, -0.2) is 14.6 Å². The van der Waals surface area contributed by atoms with Crippen LogP contribution in [0.4, 0.5) is 17.6 Å². The van der Waals surface area contributed by atoms with Crippen LogP contribution in [0.15, 0.2) is 89.1 Å². The number of benzene rings is 3. The van der Waals surface area contributed by atoms with E-state index in [1.807, 2.05) is 0 Å². The Kier molecular flexibility index (Phi) is 8.24. The zero-order chi connectivity index (χ0) is 28.3. The minimum absolute atomic E-state index is 0.0324. The number of piperidine rings is 1. The van der Waals surface area contributed by atoms with Gasteiger partial charge in [0.2, 0.25) is 0 Å². The normalized spacial score (nSPS) is 16.7. The third kappa shape index (κ3) is 6.90. The first-order chi connectivity index (χ1) is 19.1. The van der Waals surface area contributed by atoms with Gasteiger partial charge in [-0.05, 0) is 72.0 Å². The van der Waals surface area contributed by atoms with Crippen molar-refractivity contribution in [2.75, 3.05) is 19.6 Å². The molecular formula is C29H28F4N4O2S. The lowest BCUT2D eigenvalue weighted by Crippen LogP contribution is -2.32. The average Bonchev–Trinajstić information content (AvgIpc) is 3.23. The molecule has 0 aromatic heterocycles. The maximum Gasteiger partial charge on any atom is 0.586 e. The third-order valence-corrected chi connectivity index (χ3v) is 7.45. The van der Waals surface area contributed by atoms with E-state index in [0.29, 0.717) is 17.0 Å². The predicted octanol–water partition coefficient (Wildman–Crippen LogP) is 6.26. The quantitative estimate of drug-likeness (QED) is 0.143. The van der Waals surface area contributed by atoms with Crippen LogP contribution in [-0.2, 0) is 0 Å². The molecule has 0 radical (unpaired) electrons. The van der Waals surface area contributed by atoms with Crippen molar-refractivity contribution >= 4 is 17.5 Å². The molecule has 0 saturated carbocycles. The van der Waals surface area contributed by atoms with Gasteiger partial charge in [0, 0.05) is 54.8 Å². The standard InChI is InChI=1S/C29H28F4N4O2S/c30-22-5-1-19(2-6-22)28(20-3-7-23(31)8-4-20)21-11-14-36(15-12-21)16-13-24(34)18-37(35)40-25-9-10-26-27(17-25)39-29(32,33)38-26/h1-10,17-18H,11-16,34-35H2/b24-18-. The largest absolute Gasteiger partial charge is 0.586 e. The van der Waals surface area contributed by atoms with Gasteiger partial charge in [-0.1, -0.05) is 29.8 Å². The van der Waals surface area contributed by atoms with Gasteiger partial charge in [0.15, 0.2) is 11.5 Å². The molecule has 0 atom stereocenters. The van der Waals surface area contributed by atoms with Crippen LogP contribution in [0, 0.1) is 11.6 Å². The molecule has 2 heterocycles. The van der Waals surface area contributed by atoms with Gasteiger partial charge in [0.1, 0.15) is 11.6 Å². The van der Waals surface area contributed by atoms with Crippen molar-refractivity contribution in [3.05, 3.63) is 107 Å². The Hall–Kier alpha value is -3.67. The molecule has 2 aliphatic rings. The van der Waals surface area contributed by atoms with E-state index in [0.717, 1.165) is 61.1 Å². The molecule has 0 amide bonds. The summed E-state index contributed by atoms with van der Waals surface area (Å²) in [6.45, 7) is 2.37. The smallest absolute Gasteiger partial charge is 0.401 e. The zero-order valence-corrected chi connectivity index (χ0v) is 22.3. The summed E-state index contributed by atoms with van der Waals surface area (Å²) < 4.78 is 63.8. The van der Waals surface area contributed by atoms with Gasteiger partial charge in [0.05, 0.1) is 0 Å². The number of alkyl halides is 2. The maximum atomic E-state index is 13.6. The van der Waals surface area contributed by atoms with Gasteiger partial charge >= 0.3 is 6.29 Å². The van der Waals surface area contributed by atoms with E-state index in [-0.39, 0.29) is 23.1 Å². The van der Waals surface area contributed by atoms with Crippen molar-refractivity contribution in [2.24, 2.45) is 11.6 Å². The lowest BCUT2D eigenvalue weighted by Gasteiger charge is -2.30. The predicted molar refractivity (Wildman–Crippen MR) is 146 cm³/mol. The van der Waals surface area contributed by atoms with E-state index in [1.165, 1.54) is 46.4 Å². The summed E-state index contributed by atoms with van der Waals surface area (Å²) in [6.07, 6.45) is 0.141. The van der Waals surface area contributed by atoms with Gasteiger partial charge in [-0.2, -0.15) is 0 Å². The lowest BCUT2D eigenvalue weighted by molar-refractivity contribution is -0.286. The number of likely N-dealkylation sites (tertiary alicyclic amines) is 1. The van der Waals surface area contributed by atoms with Gasteiger partial charge in [0.25, 0.3) is 0 Å². The second kappa shape index (κ2) is 11.8. The summed E-state index contributed by atoms with van der Waals surface area (Å²) in [5.41, 5.74) is 10.8. The second-order valence-corrected chi connectivity index (χ2v) is 10.6. The minimum Gasteiger partial charge on any atom is -0.401 e. The number of nitrogens with zero attached hydrogens (tertiary/aromatic N) is 2. The molecular weight excluding hydrogens is 544 g/mol. The third-order valence-electron chi connectivity index (χ3n) is 6.67. The number of hydrogen-bond acceptors (Lipinski definition) is 7. The van der Waals surface area contributed by atoms with Crippen molar-refractivity contribution in [1.82, 2.24) is 9.31 Å². The molecule has 1 fully saturated rings. The van der Waals surface area contributed by atoms with E-state index < -0.39 is 6.29 Å². The maximum absolute atomic E-state index is 13.6. The van der Waals surface area contributed by atoms with Crippen LogP contribution in [0.3, 0.4) is 0 Å². The van der Waals surface area contributed by atoms with Crippen LogP contribution in [0.5, 0.6) is 11.5 Å². The summed E-state index contributed by atoms with van der Waals surface area (Å²) in [6, 6.07) is 17.2. The number of halogens is 4. The molecule has 3 aromatic rings. The molecule has 4 N–H and O–H groups in total. The Bertz CT molecular complexity index is 1360. The summed E-state index contributed by atoms with van der Waals surface area (Å²) in [7, 11) is 0. The molecule has 2 aliphatic heterocycles. The Morgan fingerprint density at radius 3 is 2.08 bits per heavy atom. The summed E-state index contributed by atoms with van der Waals surface area (Å²) in [4.78, 5) is 2.89. The van der Waals surface area contributed by atoms with Crippen molar-refractivity contribution < 1.29 is 27.0 Å². The average molecular weight is 573 g/mol. The van der Waals surface area contributed by atoms with E-state index in [9.17, 15) is 17.6 Å². The van der Waals surface area contributed by atoms with Crippen LogP contribution >= 0.6 is 11.9 Å². The Balaban J connectivity index is 1.17. The molecule has 0 aliphatic carbocycles. The Morgan fingerprint density at radius 2 is 1.48 bits per heavy atom. The number of rotatable bonds is 8. The molecule has 1 saturated heterocycles. The molecule has 3 aromatic carbocycles. The van der Waals surface area contributed by atoms with Crippen LogP contribution < -0.4 is 21.1 Å². The highest BCUT2D eigenvalue weighted by Crippen LogP contribution is 2.43. The minimum atomic E-state index is -3.67. The first kappa shape index (κ1) is 27.9. The highest BCUT2D eigenvalue weighted by Gasteiger charge is 2.43. The molecule has 210 valence electrons. The van der Waals surface area contributed by atoms with Crippen molar-refractivity contribution in [3.8, 4) is 11.5 Å². The molecule has 0 bridgehead atoms. The van der Waals surface area contributed by atoms with Gasteiger partial charge < -0.3 is 20.1 Å². The summed E-state index contributed by atoms with van der Waals surface area (Å²) >= 11 is 1.11. The monoisotopic (exact) mass is 572 g/mol. The summed E-state index contributed by atoms with van der Waals surface area (Å²) in [5.74, 6) is 5.35. The Labute approximate surface area is 233 Å². The summed E-state index contributed by atoms with van der Waals surface area (Å²) in [5, 5.41) is 0. The fraction of sp³-hybridized carbons (Fsp3) is 0.241. The molecule has 11 heteroatoms. The van der Waals surface area contributed by atoms with Crippen molar-refractivity contribution in [2.45, 2.75) is 30.5 Å². The molecule has 0 unspecified atom stereocenters. The van der Waals surface area contributed by atoms with Crippen molar-refractivity contribution in [1.29, 1.82) is 0 Å². The number of fused-ring (bicyclic) bond motifs is 1. The first-order valence-electron chi connectivity index (χ1n) is 12.7. The zero-order valence-electron chi connectivity index (χ0n) is 21.5. The van der Waals surface area contributed by atoms with Gasteiger partial charge in [-0.15, -0.1) is 8.78 Å². The topological polar surface area (TPSA) is 77.0 Å². The number of ether oxygens (including phenoxy) is 2.